The van der Waals surface area contributed by atoms with Crippen molar-refractivity contribution in [3.05, 3.63) is 47.8 Å². The maximum absolute atomic E-state index is 12.2. The zero-order chi connectivity index (χ0) is 17.9. The number of nitrogens with zero attached hydrogens (tertiary/aromatic N) is 2. The van der Waals surface area contributed by atoms with E-state index in [-0.39, 0.29) is 23.5 Å². The highest BCUT2D eigenvalue weighted by Crippen LogP contribution is 2.19. The van der Waals surface area contributed by atoms with Crippen molar-refractivity contribution in [1.82, 2.24) is 15.3 Å². The Morgan fingerprint density at radius 2 is 1.96 bits per heavy atom. The molecule has 1 amide bonds. The Balaban J connectivity index is 1.65. The second-order valence-corrected chi connectivity index (χ2v) is 8.23. The van der Waals surface area contributed by atoms with Gasteiger partial charge in [-0.15, -0.1) is 0 Å². The van der Waals surface area contributed by atoms with Crippen molar-refractivity contribution in [2.24, 2.45) is 0 Å². The zero-order valence-electron chi connectivity index (χ0n) is 13.9. The summed E-state index contributed by atoms with van der Waals surface area (Å²) in [6, 6.07) is 7.54. The van der Waals surface area contributed by atoms with Crippen LogP contribution in [-0.2, 0) is 16.3 Å². The molecule has 1 saturated heterocycles. The van der Waals surface area contributed by atoms with Gasteiger partial charge in [0.2, 0.25) is 5.95 Å². The van der Waals surface area contributed by atoms with E-state index in [4.69, 9.17) is 0 Å². The summed E-state index contributed by atoms with van der Waals surface area (Å²) in [5.74, 6) is 0.157. The summed E-state index contributed by atoms with van der Waals surface area (Å²) in [5.41, 5.74) is 2.38. The SMILES string of the molecule is CCc1ccccc1Nc1ncc(C(=O)NC2CCS(=O)(=O)C2)cn1. The lowest BCUT2D eigenvalue weighted by Gasteiger charge is -2.11. The zero-order valence-corrected chi connectivity index (χ0v) is 14.7. The van der Waals surface area contributed by atoms with Gasteiger partial charge in [0.15, 0.2) is 9.84 Å². The number of para-hydroxylation sites is 1. The standard InChI is InChI=1S/C17H20N4O3S/c1-2-12-5-3-4-6-15(12)21-17-18-9-13(10-19-17)16(22)20-14-7-8-25(23,24)11-14/h3-6,9-10,14H,2,7-8,11H2,1H3,(H,20,22)(H,18,19,21). The van der Waals surface area contributed by atoms with Crippen molar-refractivity contribution in [3.8, 4) is 0 Å². The number of rotatable bonds is 5. The highest BCUT2D eigenvalue weighted by molar-refractivity contribution is 7.91. The normalized spacial score (nSPS) is 18.7. The predicted octanol–water partition coefficient (Wildman–Crippen LogP) is 1.70. The molecule has 2 heterocycles. The molecule has 7 nitrogen and oxygen atoms in total. The van der Waals surface area contributed by atoms with Crippen LogP contribution >= 0.6 is 0 Å². The first-order chi connectivity index (χ1) is 12.0. The van der Waals surface area contributed by atoms with E-state index in [0.717, 1.165) is 17.7 Å². The van der Waals surface area contributed by atoms with Gasteiger partial charge in [0, 0.05) is 24.1 Å². The van der Waals surface area contributed by atoms with Crippen LogP contribution in [0.3, 0.4) is 0 Å². The molecule has 1 aliphatic rings. The monoisotopic (exact) mass is 360 g/mol. The van der Waals surface area contributed by atoms with Gasteiger partial charge in [0.1, 0.15) is 0 Å². The van der Waals surface area contributed by atoms with Crippen LogP contribution in [0, 0.1) is 0 Å². The molecule has 0 aliphatic carbocycles. The maximum Gasteiger partial charge on any atom is 0.254 e. The summed E-state index contributed by atoms with van der Waals surface area (Å²) in [7, 11) is -3.03. The van der Waals surface area contributed by atoms with Gasteiger partial charge in [-0.3, -0.25) is 4.79 Å². The number of anilines is 2. The van der Waals surface area contributed by atoms with E-state index < -0.39 is 9.84 Å². The van der Waals surface area contributed by atoms with E-state index in [1.807, 2.05) is 24.3 Å². The summed E-state index contributed by atoms with van der Waals surface area (Å²) < 4.78 is 22.9. The molecule has 1 fully saturated rings. The van der Waals surface area contributed by atoms with Gasteiger partial charge >= 0.3 is 0 Å². The summed E-state index contributed by atoms with van der Waals surface area (Å²) in [4.78, 5) is 20.5. The van der Waals surface area contributed by atoms with E-state index in [1.54, 1.807) is 0 Å². The Bertz CT molecular complexity index is 866. The molecule has 0 radical (unpaired) electrons. The molecule has 1 aromatic heterocycles. The molecular formula is C17H20N4O3S. The lowest BCUT2D eigenvalue weighted by Crippen LogP contribution is -2.35. The first-order valence-electron chi connectivity index (χ1n) is 8.15. The number of nitrogens with one attached hydrogen (secondary N) is 2. The van der Waals surface area contributed by atoms with Gasteiger partial charge < -0.3 is 10.6 Å². The van der Waals surface area contributed by atoms with Crippen molar-refractivity contribution >= 4 is 27.4 Å². The van der Waals surface area contributed by atoms with E-state index in [9.17, 15) is 13.2 Å². The van der Waals surface area contributed by atoms with Gasteiger partial charge in [0.05, 0.1) is 17.1 Å². The minimum Gasteiger partial charge on any atom is -0.348 e. The highest BCUT2D eigenvalue weighted by atomic mass is 32.2. The highest BCUT2D eigenvalue weighted by Gasteiger charge is 2.29. The number of hydrogen-bond donors (Lipinski definition) is 2. The fourth-order valence-electron chi connectivity index (χ4n) is 2.76. The van der Waals surface area contributed by atoms with Crippen LogP contribution in [0.15, 0.2) is 36.7 Å². The van der Waals surface area contributed by atoms with E-state index >= 15 is 0 Å². The number of aryl methyl sites for hydroxylation is 1. The summed E-state index contributed by atoms with van der Waals surface area (Å²) in [5, 5.41) is 5.86. The Morgan fingerprint density at radius 1 is 1.24 bits per heavy atom. The minimum absolute atomic E-state index is 0.00691. The molecule has 1 aliphatic heterocycles. The van der Waals surface area contributed by atoms with Crippen molar-refractivity contribution in [1.29, 1.82) is 0 Å². The topological polar surface area (TPSA) is 101 Å². The maximum atomic E-state index is 12.2. The number of benzene rings is 1. The van der Waals surface area contributed by atoms with Gasteiger partial charge in [-0.05, 0) is 24.5 Å². The van der Waals surface area contributed by atoms with Crippen LogP contribution < -0.4 is 10.6 Å². The van der Waals surface area contributed by atoms with Crippen molar-refractivity contribution in [2.45, 2.75) is 25.8 Å². The Kier molecular flexibility index (Phi) is 4.98. The van der Waals surface area contributed by atoms with Crippen LogP contribution in [0.25, 0.3) is 0 Å². The van der Waals surface area contributed by atoms with Crippen LogP contribution in [0.4, 0.5) is 11.6 Å². The van der Waals surface area contributed by atoms with Crippen LogP contribution in [0.1, 0.15) is 29.3 Å². The second kappa shape index (κ2) is 7.18. The van der Waals surface area contributed by atoms with E-state index in [2.05, 4.69) is 27.5 Å². The van der Waals surface area contributed by atoms with Gasteiger partial charge in [-0.1, -0.05) is 25.1 Å². The number of carbonyl (C=O) groups excluding carboxylic acids is 1. The van der Waals surface area contributed by atoms with Gasteiger partial charge in [-0.25, -0.2) is 18.4 Å². The molecule has 3 rings (SSSR count). The molecule has 1 atom stereocenters. The third-order valence-electron chi connectivity index (χ3n) is 4.13. The Morgan fingerprint density at radius 3 is 2.60 bits per heavy atom. The van der Waals surface area contributed by atoms with Crippen LogP contribution in [-0.4, -0.2) is 41.8 Å². The summed E-state index contributed by atoms with van der Waals surface area (Å²) in [6.45, 7) is 2.07. The van der Waals surface area contributed by atoms with Gasteiger partial charge in [0.25, 0.3) is 5.91 Å². The van der Waals surface area contributed by atoms with Crippen LogP contribution in [0.2, 0.25) is 0 Å². The average molecular weight is 360 g/mol. The van der Waals surface area contributed by atoms with Crippen molar-refractivity contribution in [3.63, 3.8) is 0 Å². The summed E-state index contributed by atoms with van der Waals surface area (Å²) in [6.07, 6.45) is 4.20. The molecule has 132 valence electrons. The molecule has 0 bridgehead atoms. The molecule has 2 N–H and O–H groups in total. The molecule has 0 spiro atoms. The average Bonchev–Trinajstić information content (AvgIpc) is 2.94. The van der Waals surface area contributed by atoms with E-state index in [1.165, 1.54) is 12.4 Å². The Labute approximate surface area is 146 Å². The first-order valence-corrected chi connectivity index (χ1v) is 9.97. The fraction of sp³-hybridized carbons (Fsp3) is 0.353. The molecule has 25 heavy (non-hydrogen) atoms. The summed E-state index contributed by atoms with van der Waals surface area (Å²) >= 11 is 0. The molecule has 0 saturated carbocycles. The Hall–Kier alpha value is -2.48. The molecule has 1 aromatic carbocycles. The molecule has 1 unspecified atom stereocenters. The quantitative estimate of drug-likeness (QED) is 0.842. The van der Waals surface area contributed by atoms with Crippen molar-refractivity contribution in [2.75, 3.05) is 16.8 Å². The number of aromatic nitrogens is 2. The van der Waals surface area contributed by atoms with Gasteiger partial charge in [-0.2, -0.15) is 0 Å². The van der Waals surface area contributed by atoms with Crippen molar-refractivity contribution < 1.29 is 13.2 Å². The van der Waals surface area contributed by atoms with E-state index in [0.29, 0.717) is 17.9 Å². The fourth-order valence-corrected chi connectivity index (χ4v) is 4.43. The third-order valence-corrected chi connectivity index (χ3v) is 5.89. The second-order valence-electron chi connectivity index (χ2n) is 6.00. The molecular weight excluding hydrogens is 340 g/mol. The predicted molar refractivity (Wildman–Crippen MR) is 95.7 cm³/mol. The lowest BCUT2D eigenvalue weighted by molar-refractivity contribution is 0.0940. The lowest BCUT2D eigenvalue weighted by atomic mass is 10.1. The van der Waals surface area contributed by atoms with Crippen LogP contribution in [0.5, 0.6) is 0 Å². The largest absolute Gasteiger partial charge is 0.348 e. The third kappa shape index (κ3) is 4.33. The number of amides is 1. The number of sulfone groups is 1. The smallest absolute Gasteiger partial charge is 0.254 e. The number of hydrogen-bond acceptors (Lipinski definition) is 6. The number of carbonyl (C=O) groups is 1. The minimum atomic E-state index is -3.03. The first kappa shape index (κ1) is 17.3. The molecule has 8 heteroatoms. The molecule has 2 aromatic rings.